The molecule has 2 rings (SSSR count). The van der Waals surface area contributed by atoms with Crippen molar-refractivity contribution in [2.45, 2.75) is 19.9 Å². The van der Waals surface area contributed by atoms with Gasteiger partial charge in [0.05, 0.1) is 3.79 Å². The van der Waals surface area contributed by atoms with Gasteiger partial charge in [-0.15, -0.1) is 23.7 Å². The summed E-state index contributed by atoms with van der Waals surface area (Å²) < 4.78 is 1.23. The molecule has 1 aromatic rings. The van der Waals surface area contributed by atoms with E-state index in [0.717, 1.165) is 13.1 Å². The summed E-state index contributed by atoms with van der Waals surface area (Å²) in [6.07, 6.45) is 1.30. The van der Waals surface area contributed by atoms with E-state index in [-0.39, 0.29) is 12.4 Å². The molecular formula is C12H20BrClN2S. The first kappa shape index (κ1) is 15.4. The molecule has 98 valence electrons. The Balaban J connectivity index is 0.00000144. The van der Waals surface area contributed by atoms with Crippen LogP contribution < -0.4 is 5.32 Å². The first-order valence-electron chi connectivity index (χ1n) is 5.71. The Morgan fingerprint density at radius 3 is 2.82 bits per heavy atom. The lowest BCUT2D eigenvalue weighted by atomic mass is 9.89. The molecular weight excluding hydrogens is 320 g/mol. The highest BCUT2D eigenvalue weighted by Crippen LogP contribution is 2.27. The van der Waals surface area contributed by atoms with E-state index >= 15 is 0 Å². The fourth-order valence-electron chi connectivity index (χ4n) is 2.41. The minimum absolute atomic E-state index is 0. The number of nitrogens with one attached hydrogen (secondary N) is 1. The Kier molecular flexibility index (Phi) is 5.93. The molecule has 0 spiro atoms. The SMILES string of the molecule is CN(Cc1ccc(Br)s1)CC1(C)CCNC1.Cl. The zero-order valence-corrected chi connectivity index (χ0v) is 13.6. The van der Waals surface area contributed by atoms with Crippen molar-refractivity contribution in [3.63, 3.8) is 0 Å². The van der Waals surface area contributed by atoms with Gasteiger partial charge in [-0.25, -0.2) is 0 Å². The maximum atomic E-state index is 3.51. The summed E-state index contributed by atoms with van der Waals surface area (Å²) >= 11 is 5.34. The lowest BCUT2D eigenvalue weighted by Gasteiger charge is -2.28. The van der Waals surface area contributed by atoms with Crippen molar-refractivity contribution in [1.82, 2.24) is 10.2 Å². The molecule has 1 aliphatic heterocycles. The van der Waals surface area contributed by atoms with E-state index < -0.39 is 0 Å². The Morgan fingerprint density at radius 2 is 2.29 bits per heavy atom. The summed E-state index contributed by atoms with van der Waals surface area (Å²) in [5.74, 6) is 0. The largest absolute Gasteiger partial charge is 0.316 e. The third-order valence-electron chi connectivity index (χ3n) is 3.16. The first-order chi connectivity index (χ1) is 7.57. The number of rotatable bonds is 4. The topological polar surface area (TPSA) is 15.3 Å². The fourth-order valence-corrected chi connectivity index (χ4v) is 3.98. The zero-order chi connectivity index (χ0) is 11.6. The minimum Gasteiger partial charge on any atom is -0.316 e. The highest BCUT2D eigenvalue weighted by atomic mass is 79.9. The van der Waals surface area contributed by atoms with Crippen LogP contribution in [0.3, 0.4) is 0 Å². The number of hydrogen-bond donors (Lipinski definition) is 1. The maximum absolute atomic E-state index is 3.51. The number of hydrogen-bond acceptors (Lipinski definition) is 3. The van der Waals surface area contributed by atoms with E-state index in [1.807, 2.05) is 11.3 Å². The normalized spacial score (nSPS) is 24.0. The summed E-state index contributed by atoms with van der Waals surface area (Å²) in [5, 5.41) is 3.45. The molecule has 5 heteroatoms. The first-order valence-corrected chi connectivity index (χ1v) is 7.32. The van der Waals surface area contributed by atoms with E-state index in [0.29, 0.717) is 5.41 Å². The van der Waals surface area contributed by atoms with Gasteiger partial charge in [0.15, 0.2) is 0 Å². The molecule has 0 aromatic carbocycles. The quantitative estimate of drug-likeness (QED) is 0.905. The van der Waals surface area contributed by atoms with Crippen molar-refractivity contribution < 1.29 is 0 Å². The lowest BCUT2D eigenvalue weighted by molar-refractivity contribution is 0.204. The Labute approximate surface area is 122 Å². The maximum Gasteiger partial charge on any atom is 0.0701 e. The third kappa shape index (κ3) is 4.52. The van der Waals surface area contributed by atoms with Crippen LogP contribution in [0, 0.1) is 5.41 Å². The van der Waals surface area contributed by atoms with Gasteiger partial charge in [-0.2, -0.15) is 0 Å². The molecule has 1 fully saturated rings. The molecule has 1 unspecified atom stereocenters. The molecule has 0 aliphatic carbocycles. The van der Waals surface area contributed by atoms with Crippen molar-refractivity contribution in [2.24, 2.45) is 5.41 Å². The van der Waals surface area contributed by atoms with Crippen LogP contribution in [0.5, 0.6) is 0 Å². The van der Waals surface area contributed by atoms with Crippen molar-refractivity contribution in [3.8, 4) is 0 Å². The third-order valence-corrected chi connectivity index (χ3v) is 4.77. The van der Waals surface area contributed by atoms with Crippen molar-refractivity contribution in [3.05, 3.63) is 20.8 Å². The second-order valence-electron chi connectivity index (χ2n) is 5.12. The van der Waals surface area contributed by atoms with Gasteiger partial charge in [0.2, 0.25) is 0 Å². The predicted octanol–water partition coefficient (Wildman–Crippen LogP) is 3.36. The number of nitrogens with zero attached hydrogens (tertiary/aromatic N) is 1. The van der Waals surface area contributed by atoms with Crippen molar-refractivity contribution in [1.29, 1.82) is 0 Å². The average Bonchev–Trinajstić information content (AvgIpc) is 2.75. The molecule has 1 saturated heterocycles. The van der Waals surface area contributed by atoms with Crippen molar-refractivity contribution >= 4 is 39.7 Å². The molecule has 17 heavy (non-hydrogen) atoms. The Bertz CT molecular complexity index is 350. The smallest absolute Gasteiger partial charge is 0.0701 e. The molecule has 0 radical (unpaired) electrons. The highest BCUT2D eigenvalue weighted by Gasteiger charge is 2.29. The van der Waals surface area contributed by atoms with Crippen LogP contribution in [0.25, 0.3) is 0 Å². The summed E-state index contributed by atoms with van der Waals surface area (Å²) in [5.41, 5.74) is 0.462. The van der Waals surface area contributed by atoms with E-state index in [1.165, 1.54) is 28.2 Å². The zero-order valence-electron chi connectivity index (χ0n) is 10.3. The number of halogens is 2. The van der Waals surface area contributed by atoms with Crippen LogP contribution in [-0.4, -0.2) is 31.6 Å². The fraction of sp³-hybridized carbons (Fsp3) is 0.667. The molecule has 1 N–H and O–H groups in total. The summed E-state index contributed by atoms with van der Waals surface area (Å²) in [4.78, 5) is 3.87. The Hall–Kier alpha value is 0.390. The van der Waals surface area contributed by atoms with Gasteiger partial charge < -0.3 is 10.2 Å². The van der Waals surface area contributed by atoms with Gasteiger partial charge in [-0.3, -0.25) is 0 Å². The van der Waals surface area contributed by atoms with Crippen LogP contribution in [-0.2, 0) is 6.54 Å². The van der Waals surface area contributed by atoms with Crippen LogP contribution in [0.1, 0.15) is 18.2 Å². The molecule has 1 atom stereocenters. The Morgan fingerprint density at radius 1 is 1.53 bits per heavy atom. The number of thiophene rings is 1. The van der Waals surface area contributed by atoms with Gasteiger partial charge in [0.1, 0.15) is 0 Å². The lowest BCUT2D eigenvalue weighted by Crippen LogP contribution is -2.34. The molecule has 2 nitrogen and oxygen atoms in total. The van der Waals surface area contributed by atoms with Crippen LogP contribution >= 0.6 is 39.7 Å². The molecule has 2 heterocycles. The molecule has 1 aliphatic rings. The summed E-state index contributed by atoms with van der Waals surface area (Å²) in [6.45, 7) is 6.95. The van der Waals surface area contributed by atoms with Gasteiger partial charge >= 0.3 is 0 Å². The van der Waals surface area contributed by atoms with E-state index in [2.05, 4.69) is 52.3 Å². The predicted molar refractivity (Wildman–Crippen MR) is 81.2 cm³/mol. The van der Waals surface area contributed by atoms with E-state index in [4.69, 9.17) is 0 Å². The molecule has 0 saturated carbocycles. The van der Waals surface area contributed by atoms with Gasteiger partial charge in [-0.05, 0) is 53.5 Å². The second kappa shape index (κ2) is 6.53. The van der Waals surface area contributed by atoms with Crippen molar-refractivity contribution in [2.75, 3.05) is 26.7 Å². The highest BCUT2D eigenvalue weighted by molar-refractivity contribution is 9.11. The van der Waals surface area contributed by atoms with Crippen LogP contribution in [0.2, 0.25) is 0 Å². The van der Waals surface area contributed by atoms with Crippen LogP contribution in [0.15, 0.2) is 15.9 Å². The minimum atomic E-state index is 0. The molecule has 1 aromatic heterocycles. The van der Waals surface area contributed by atoms with E-state index in [9.17, 15) is 0 Å². The van der Waals surface area contributed by atoms with Gasteiger partial charge in [0, 0.05) is 24.5 Å². The van der Waals surface area contributed by atoms with Crippen LogP contribution in [0.4, 0.5) is 0 Å². The van der Waals surface area contributed by atoms with Gasteiger partial charge in [-0.1, -0.05) is 6.92 Å². The summed E-state index contributed by atoms with van der Waals surface area (Å²) in [7, 11) is 2.22. The van der Waals surface area contributed by atoms with E-state index in [1.54, 1.807) is 0 Å². The molecule has 0 bridgehead atoms. The average molecular weight is 340 g/mol. The van der Waals surface area contributed by atoms with Gasteiger partial charge in [0.25, 0.3) is 0 Å². The molecule has 0 amide bonds. The standard InChI is InChI=1S/C12H19BrN2S.ClH/c1-12(5-6-14-8-12)9-15(2)7-10-3-4-11(13)16-10;/h3-4,14H,5-9H2,1-2H3;1H. The monoisotopic (exact) mass is 338 g/mol. The second-order valence-corrected chi connectivity index (χ2v) is 7.66. The summed E-state index contributed by atoms with van der Waals surface area (Å²) in [6, 6.07) is 4.34.